The zero-order chi connectivity index (χ0) is 10.1. The first-order valence-electron chi connectivity index (χ1n) is 4.40. The highest BCUT2D eigenvalue weighted by molar-refractivity contribution is 5.00. The Labute approximate surface area is 78.0 Å². The fraction of sp³-hybridized carbons (Fsp3) is 0.778. The van der Waals surface area contributed by atoms with Gasteiger partial charge in [0.25, 0.3) is 0 Å². The Morgan fingerprint density at radius 3 is 2.46 bits per heavy atom. The molecule has 0 aliphatic rings. The van der Waals surface area contributed by atoms with E-state index in [0.29, 0.717) is 18.1 Å². The van der Waals surface area contributed by atoms with E-state index in [2.05, 4.69) is 10.1 Å². The van der Waals surface area contributed by atoms with Gasteiger partial charge in [0.1, 0.15) is 0 Å². The summed E-state index contributed by atoms with van der Waals surface area (Å²) in [6.45, 7) is 7.75. The zero-order valence-electron chi connectivity index (χ0n) is 8.53. The molecule has 1 aromatic rings. The number of aliphatic hydroxyl groups excluding tert-OH is 1. The molecule has 1 unspecified atom stereocenters. The molecule has 4 nitrogen and oxygen atoms in total. The average Bonchev–Trinajstić information content (AvgIpc) is 2.32. The Balaban J connectivity index is 2.75. The van der Waals surface area contributed by atoms with E-state index in [1.807, 2.05) is 20.8 Å². The molecule has 74 valence electrons. The van der Waals surface area contributed by atoms with Crippen LogP contribution in [0.1, 0.15) is 39.4 Å². The van der Waals surface area contributed by atoms with Crippen molar-refractivity contribution in [3.05, 3.63) is 11.7 Å². The van der Waals surface area contributed by atoms with Gasteiger partial charge in [-0.1, -0.05) is 25.9 Å². The summed E-state index contributed by atoms with van der Waals surface area (Å²) in [5, 5.41) is 12.9. The molecule has 0 spiro atoms. The van der Waals surface area contributed by atoms with E-state index in [9.17, 15) is 0 Å². The fourth-order valence-corrected chi connectivity index (χ4v) is 0.895. The Morgan fingerprint density at radius 1 is 1.46 bits per heavy atom. The highest BCUT2D eigenvalue weighted by Crippen LogP contribution is 2.18. The minimum Gasteiger partial charge on any atom is -0.393 e. The van der Waals surface area contributed by atoms with Crippen molar-refractivity contribution >= 4 is 0 Å². The number of aliphatic hydroxyl groups is 1. The molecule has 1 N–H and O–H groups in total. The Kier molecular flexibility index (Phi) is 2.71. The first kappa shape index (κ1) is 10.2. The smallest absolute Gasteiger partial charge is 0.229 e. The molecule has 0 aliphatic carbocycles. The number of hydrogen-bond donors (Lipinski definition) is 1. The van der Waals surface area contributed by atoms with Crippen LogP contribution in [0, 0.1) is 0 Å². The van der Waals surface area contributed by atoms with Gasteiger partial charge in [-0.25, -0.2) is 0 Å². The second kappa shape index (κ2) is 3.46. The number of rotatable bonds is 2. The monoisotopic (exact) mass is 184 g/mol. The molecule has 0 saturated heterocycles. The molecule has 1 aromatic heterocycles. The summed E-state index contributed by atoms with van der Waals surface area (Å²) >= 11 is 0. The fourth-order valence-electron chi connectivity index (χ4n) is 0.895. The molecule has 0 radical (unpaired) electrons. The van der Waals surface area contributed by atoms with Gasteiger partial charge in [0.05, 0.1) is 12.5 Å². The van der Waals surface area contributed by atoms with Crippen molar-refractivity contribution in [2.24, 2.45) is 0 Å². The predicted molar refractivity (Wildman–Crippen MR) is 48.4 cm³/mol. The Bertz CT molecular complexity index is 273. The van der Waals surface area contributed by atoms with E-state index in [1.165, 1.54) is 0 Å². The summed E-state index contributed by atoms with van der Waals surface area (Å²) in [4.78, 5) is 4.18. The van der Waals surface area contributed by atoms with Crippen molar-refractivity contribution in [1.29, 1.82) is 0 Å². The molecule has 1 rings (SSSR count). The largest absolute Gasteiger partial charge is 0.393 e. The van der Waals surface area contributed by atoms with Gasteiger partial charge in [0.15, 0.2) is 5.82 Å². The van der Waals surface area contributed by atoms with Crippen molar-refractivity contribution in [2.75, 3.05) is 0 Å². The van der Waals surface area contributed by atoms with Crippen LogP contribution in [-0.2, 0) is 11.8 Å². The van der Waals surface area contributed by atoms with Gasteiger partial charge in [-0.2, -0.15) is 4.98 Å². The van der Waals surface area contributed by atoms with Crippen LogP contribution in [0.4, 0.5) is 0 Å². The van der Waals surface area contributed by atoms with E-state index in [1.54, 1.807) is 6.92 Å². The molecule has 0 bridgehead atoms. The predicted octanol–water partition coefficient (Wildman–Crippen LogP) is 1.29. The lowest BCUT2D eigenvalue weighted by Gasteiger charge is -2.10. The lowest BCUT2D eigenvalue weighted by molar-refractivity contribution is 0.181. The SMILES string of the molecule is CC(O)Cc1nc(C(C)(C)C)no1. The number of nitrogens with zero attached hydrogens (tertiary/aromatic N) is 2. The van der Waals surface area contributed by atoms with Gasteiger partial charge in [0.2, 0.25) is 5.89 Å². The zero-order valence-corrected chi connectivity index (χ0v) is 8.53. The van der Waals surface area contributed by atoms with Crippen LogP contribution < -0.4 is 0 Å². The van der Waals surface area contributed by atoms with Gasteiger partial charge in [-0.05, 0) is 6.92 Å². The van der Waals surface area contributed by atoms with Gasteiger partial charge >= 0.3 is 0 Å². The van der Waals surface area contributed by atoms with Gasteiger partial charge in [-0.3, -0.25) is 0 Å². The average molecular weight is 184 g/mol. The maximum Gasteiger partial charge on any atom is 0.229 e. The Hall–Kier alpha value is -0.900. The highest BCUT2D eigenvalue weighted by atomic mass is 16.5. The number of aromatic nitrogens is 2. The quantitative estimate of drug-likeness (QED) is 0.752. The van der Waals surface area contributed by atoms with E-state index < -0.39 is 6.10 Å². The van der Waals surface area contributed by atoms with E-state index in [0.717, 1.165) is 0 Å². The summed E-state index contributed by atoms with van der Waals surface area (Å²) in [6, 6.07) is 0. The van der Waals surface area contributed by atoms with Crippen molar-refractivity contribution in [3.8, 4) is 0 Å². The third-order valence-electron chi connectivity index (χ3n) is 1.61. The third-order valence-corrected chi connectivity index (χ3v) is 1.61. The third kappa shape index (κ3) is 2.81. The highest BCUT2D eigenvalue weighted by Gasteiger charge is 2.21. The number of hydrogen-bond acceptors (Lipinski definition) is 4. The van der Waals surface area contributed by atoms with Gasteiger partial charge < -0.3 is 9.63 Å². The van der Waals surface area contributed by atoms with Crippen LogP contribution in [0.3, 0.4) is 0 Å². The summed E-state index contributed by atoms with van der Waals surface area (Å²) in [5.74, 6) is 1.18. The van der Waals surface area contributed by atoms with E-state index >= 15 is 0 Å². The molecule has 1 atom stereocenters. The van der Waals surface area contributed by atoms with Crippen molar-refractivity contribution in [3.63, 3.8) is 0 Å². The van der Waals surface area contributed by atoms with Crippen LogP contribution in [0.25, 0.3) is 0 Å². The van der Waals surface area contributed by atoms with Crippen LogP contribution in [0.15, 0.2) is 4.52 Å². The lowest BCUT2D eigenvalue weighted by atomic mass is 9.96. The first-order chi connectivity index (χ1) is 5.89. The molecular formula is C9H16N2O2. The van der Waals surface area contributed by atoms with Crippen LogP contribution in [-0.4, -0.2) is 21.4 Å². The Morgan fingerprint density at radius 2 is 2.08 bits per heavy atom. The second-order valence-electron chi connectivity index (χ2n) is 4.31. The molecule has 0 aliphatic heterocycles. The molecule has 0 fully saturated rings. The van der Waals surface area contributed by atoms with Crippen molar-refractivity contribution in [2.45, 2.75) is 45.6 Å². The summed E-state index contributed by atoms with van der Waals surface area (Å²) in [7, 11) is 0. The van der Waals surface area contributed by atoms with Crippen molar-refractivity contribution in [1.82, 2.24) is 10.1 Å². The maximum atomic E-state index is 9.09. The molecule has 0 aromatic carbocycles. The topological polar surface area (TPSA) is 59.2 Å². The molecule has 0 amide bonds. The maximum absolute atomic E-state index is 9.09. The van der Waals surface area contributed by atoms with Crippen LogP contribution in [0.2, 0.25) is 0 Å². The van der Waals surface area contributed by atoms with Gasteiger partial charge in [0, 0.05) is 5.41 Å². The molecule has 4 heteroatoms. The van der Waals surface area contributed by atoms with Crippen LogP contribution >= 0.6 is 0 Å². The molecule has 13 heavy (non-hydrogen) atoms. The van der Waals surface area contributed by atoms with Gasteiger partial charge in [-0.15, -0.1) is 0 Å². The van der Waals surface area contributed by atoms with Crippen LogP contribution in [0.5, 0.6) is 0 Å². The molecule has 1 heterocycles. The van der Waals surface area contributed by atoms with E-state index in [4.69, 9.17) is 9.63 Å². The lowest BCUT2D eigenvalue weighted by Crippen LogP contribution is -2.13. The van der Waals surface area contributed by atoms with Crippen molar-refractivity contribution < 1.29 is 9.63 Å². The molecular weight excluding hydrogens is 168 g/mol. The normalized spacial score (nSPS) is 14.5. The molecule has 0 saturated carbocycles. The standard InChI is InChI=1S/C9H16N2O2/c1-6(12)5-7-10-8(11-13-7)9(2,3)4/h6,12H,5H2,1-4H3. The summed E-state index contributed by atoms with van der Waals surface area (Å²) < 4.78 is 4.98. The minimum atomic E-state index is -0.437. The summed E-state index contributed by atoms with van der Waals surface area (Å²) in [5.41, 5.74) is -0.0968. The van der Waals surface area contributed by atoms with E-state index in [-0.39, 0.29) is 5.41 Å². The summed E-state index contributed by atoms with van der Waals surface area (Å²) in [6.07, 6.45) is -0.0171. The minimum absolute atomic E-state index is 0.0968. The first-order valence-corrected chi connectivity index (χ1v) is 4.40. The second-order valence-corrected chi connectivity index (χ2v) is 4.31.